The minimum absolute atomic E-state index is 0.0879. The van der Waals surface area contributed by atoms with Crippen LogP contribution in [0.1, 0.15) is 60.0 Å². The molecule has 2 atom stereocenters. The van der Waals surface area contributed by atoms with Crippen LogP contribution in [0.15, 0.2) is 17.0 Å². The quantitative estimate of drug-likeness (QED) is 0.735. The summed E-state index contributed by atoms with van der Waals surface area (Å²) in [5.41, 5.74) is 1.30. The normalized spacial score (nSPS) is 21.5. The highest BCUT2D eigenvalue weighted by Crippen LogP contribution is 2.25. The second-order valence-electron chi connectivity index (χ2n) is 6.98. The Balaban J connectivity index is 2.30. The Kier molecular flexibility index (Phi) is 6.41. The smallest absolute Gasteiger partial charge is 0.308 e. The number of rotatable bonds is 4. The second kappa shape index (κ2) is 8.18. The van der Waals surface area contributed by atoms with E-state index in [4.69, 9.17) is 5.14 Å². The van der Waals surface area contributed by atoms with E-state index in [2.05, 4.69) is 5.32 Å². The Morgan fingerprint density at radius 2 is 1.73 bits per heavy atom. The van der Waals surface area contributed by atoms with Gasteiger partial charge in [0.25, 0.3) is 5.91 Å². The van der Waals surface area contributed by atoms with E-state index in [9.17, 15) is 23.1 Å². The summed E-state index contributed by atoms with van der Waals surface area (Å²) in [6, 6.07) is 2.38. The lowest BCUT2D eigenvalue weighted by atomic mass is 9.86. The first kappa shape index (κ1) is 20.4. The zero-order valence-corrected chi connectivity index (χ0v) is 15.9. The molecule has 7 nitrogen and oxygen atoms in total. The maximum absolute atomic E-state index is 12.7. The summed E-state index contributed by atoms with van der Waals surface area (Å²) in [7, 11) is -3.95. The number of nitrogens with two attached hydrogens (primary N) is 1. The van der Waals surface area contributed by atoms with Crippen molar-refractivity contribution in [3.63, 3.8) is 0 Å². The second-order valence-corrected chi connectivity index (χ2v) is 8.51. The number of hydrogen-bond acceptors (Lipinski definition) is 4. The molecular weight excluding hydrogens is 356 g/mol. The number of nitrogens with one attached hydrogen (secondary N) is 1. The molecular formula is C18H26N2O5S. The lowest BCUT2D eigenvalue weighted by Gasteiger charge is -2.27. The van der Waals surface area contributed by atoms with E-state index >= 15 is 0 Å². The fourth-order valence-electron chi connectivity index (χ4n) is 3.46. The largest absolute Gasteiger partial charge is 0.481 e. The first-order valence-corrected chi connectivity index (χ1v) is 10.3. The third kappa shape index (κ3) is 4.82. The van der Waals surface area contributed by atoms with Crippen molar-refractivity contribution in [3.8, 4) is 0 Å². The van der Waals surface area contributed by atoms with Crippen molar-refractivity contribution in [2.45, 2.75) is 63.3 Å². The van der Waals surface area contributed by atoms with E-state index < -0.39 is 33.9 Å². The molecule has 1 saturated carbocycles. The van der Waals surface area contributed by atoms with Crippen LogP contribution in [-0.2, 0) is 14.8 Å². The van der Waals surface area contributed by atoms with Gasteiger partial charge in [0, 0.05) is 11.6 Å². The van der Waals surface area contributed by atoms with Gasteiger partial charge in [-0.05, 0) is 49.9 Å². The van der Waals surface area contributed by atoms with Crippen LogP contribution in [0.3, 0.4) is 0 Å². The van der Waals surface area contributed by atoms with Crippen LogP contribution in [0, 0.1) is 19.8 Å². The van der Waals surface area contributed by atoms with Crippen molar-refractivity contribution in [2.75, 3.05) is 0 Å². The van der Waals surface area contributed by atoms with E-state index in [-0.39, 0.29) is 10.5 Å². The number of primary sulfonamides is 1. The van der Waals surface area contributed by atoms with E-state index in [1.165, 1.54) is 6.07 Å². The number of carboxylic acid groups (broad SMARTS) is 1. The van der Waals surface area contributed by atoms with Gasteiger partial charge in [0.2, 0.25) is 10.0 Å². The highest BCUT2D eigenvalue weighted by atomic mass is 32.2. The number of carbonyl (C=O) groups is 2. The fraction of sp³-hybridized carbons (Fsp3) is 0.556. The molecule has 0 radical (unpaired) electrons. The fourth-order valence-corrected chi connectivity index (χ4v) is 4.34. The predicted molar refractivity (Wildman–Crippen MR) is 97.4 cm³/mol. The van der Waals surface area contributed by atoms with Crippen molar-refractivity contribution in [1.29, 1.82) is 0 Å². The van der Waals surface area contributed by atoms with Gasteiger partial charge in [-0.1, -0.05) is 25.7 Å². The van der Waals surface area contributed by atoms with Crippen molar-refractivity contribution >= 4 is 21.9 Å². The molecule has 1 aliphatic rings. The molecule has 0 aliphatic heterocycles. The van der Waals surface area contributed by atoms with Crippen LogP contribution in [0.2, 0.25) is 0 Å². The first-order valence-electron chi connectivity index (χ1n) is 8.79. The Bertz CT molecular complexity index is 804. The standard InChI is InChI=1S/C18H26N2O5S/c1-11-9-13(10-16(12(11)2)26(19,24)25)17(21)20-15-8-6-4-3-5-7-14(15)18(22)23/h9-10,14-15H,3-8H2,1-2H3,(H,20,21)(H,22,23)(H2,19,24,25). The van der Waals surface area contributed by atoms with Gasteiger partial charge in [0.15, 0.2) is 0 Å². The summed E-state index contributed by atoms with van der Waals surface area (Å²) < 4.78 is 23.5. The van der Waals surface area contributed by atoms with E-state index in [0.29, 0.717) is 24.0 Å². The number of carbonyl (C=O) groups excluding carboxylic acids is 1. The molecule has 0 spiro atoms. The maximum Gasteiger partial charge on any atom is 0.308 e. The summed E-state index contributed by atoms with van der Waals surface area (Å²) in [6.45, 7) is 3.34. The molecule has 1 aliphatic carbocycles. The first-order chi connectivity index (χ1) is 12.1. The number of carboxylic acids is 1. The van der Waals surface area contributed by atoms with Crippen molar-refractivity contribution < 1.29 is 23.1 Å². The van der Waals surface area contributed by atoms with Crippen molar-refractivity contribution in [3.05, 3.63) is 28.8 Å². The summed E-state index contributed by atoms with van der Waals surface area (Å²) in [6.07, 6.45) is 4.80. The molecule has 8 heteroatoms. The highest BCUT2D eigenvalue weighted by molar-refractivity contribution is 7.89. The van der Waals surface area contributed by atoms with Crippen molar-refractivity contribution in [2.24, 2.45) is 11.1 Å². The Labute approximate surface area is 154 Å². The molecule has 1 fully saturated rings. The van der Waals surface area contributed by atoms with E-state index in [0.717, 1.165) is 25.7 Å². The molecule has 4 N–H and O–H groups in total. The van der Waals surface area contributed by atoms with Gasteiger partial charge in [-0.15, -0.1) is 0 Å². The third-order valence-corrected chi connectivity index (χ3v) is 6.13. The van der Waals surface area contributed by atoms with Gasteiger partial charge < -0.3 is 10.4 Å². The molecule has 26 heavy (non-hydrogen) atoms. The lowest BCUT2D eigenvalue weighted by molar-refractivity contribution is -0.143. The van der Waals surface area contributed by atoms with Gasteiger partial charge in [-0.3, -0.25) is 9.59 Å². The number of sulfonamides is 1. The topological polar surface area (TPSA) is 127 Å². The molecule has 1 aromatic rings. The summed E-state index contributed by atoms with van der Waals surface area (Å²) in [5.74, 6) is -2.03. The number of aliphatic carboxylic acids is 1. The Morgan fingerprint density at radius 1 is 1.12 bits per heavy atom. The van der Waals surface area contributed by atoms with Crippen LogP contribution >= 0.6 is 0 Å². The van der Waals surface area contributed by atoms with E-state index in [1.54, 1.807) is 19.9 Å². The van der Waals surface area contributed by atoms with Gasteiger partial charge in [-0.2, -0.15) is 0 Å². The third-order valence-electron chi connectivity index (χ3n) is 5.09. The number of hydrogen-bond donors (Lipinski definition) is 3. The van der Waals surface area contributed by atoms with Crippen LogP contribution in [-0.4, -0.2) is 31.4 Å². The van der Waals surface area contributed by atoms with Crippen LogP contribution < -0.4 is 10.5 Å². The SMILES string of the molecule is Cc1cc(C(=O)NC2CCCCCCC2C(=O)O)cc(S(N)(=O)=O)c1C. The molecule has 0 heterocycles. The number of amides is 1. The monoisotopic (exact) mass is 382 g/mol. The van der Waals surface area contributed by atoms with Crippen LogP contribution in [0.5, 0.6) is 0 Å². The molecule has 144 valence electrons. The molecule has 0 saturated heterocycles. The molecule has 0 aromatic heterocycles. The summed E-state index contributed by atoms with van der Waals surface area (Å²) >= 11 is 0. The zero-order chi connectivity index (χ0) is 19.5. The Morgan fingerprint density at radius 3 is 2.31 bits per heavy atom. The molecule has 2 rings (SSSR count). The summed E-state index contributed by atoms with van der Waals surface area (Å²) in [4.78, 5) is 24.2. The average molecular weight is 382 g/mol. The number of aryl methyl sites for hydroxylation is 1. The van der Waals surface area contributed by atoms with Crippen LogP contribution in [0.25, 0.3) is 0 Å². The van der Waals surface area contributed by atoms with Crippen molar-refractivity contribution in [1.82, 2.24) is 5.32 Å². The molecule has 1 amide bonds. The lowest BCUT2D eigenvalue weighted by Crippen LogP contribution is -2.44. The maximum atomic E-state index is 12.7. The summed E-state index contributed by atoms with van der Waals surface area (Å²) in [5, 5.41) is 17.5. The predicted octanol–water partition coefficient (Wildman–Crippen LogP) is 2.10. The molecule has 0 bridgehead atoms. The molecule has 2 unspecified atom stereocenters. The van der Waals surface area contributed by atoms with E-state index in [1.807, 2.05) is 0 Å². The van der Waals surface area contributed by atoms with Gasteiger partial charge >= 0.3 is 5.97 Å². The number of benzene rings is 1. The van der Waals surface area contributed by atoms with Gasteiger partial charge in [0.1, 0.15) is 0 Å². The molecule has 1 aromatic carbocycles. The zero-order valence-electron chi connectivity index (χ0n) is 15.1. The highest BCUT2D eigenvalue weighted by Gasteiger charge is 2.30. The minimum atomic E-state index is -3.95. The minimum Gasteiger partial charge on any atom is -0.481 e. The Hall–Kier alpha value is -1.93. The van der Waals surface area contributed by atoms with Gasteiger partial charge in [-0.25, -0.2) is 13.6 Å². The van der Waals surface area contributed by atoms with Gasteiger partial charge in [0.05, 0.1) is 10.8 Å². The average Bonchev–Trinajstić information content (AvgIpc) is 2.50. The van der Waals surface area contributed by atoms with Crippen LogP contribution in [0.4, 0.5) is 0 Å².